The molecule has 4 aromatic rings. The lowest BCUT2D eigenvalue weighted by molar-refractivity contribution is 0.0220. The van der Waals surface area contributed by atoms with E-state index in [-0.39, 0.29) is 27.7 Å². The molecule has 0 atom stereocenters. The molecular weight excluding hydrogens is 444 g/mol. The Hall–Kier alpha value is -3.46. The summed E-state index contributed by atoms with van der Waals surface area (Å²) in [5.74, 6) is 0.371. The molecule has 172 valence electrons. The Morgan fingerprint density at radius 3 is 2.70 bits per heavy atom. The first-order valence-electron chi connectivity index (χ1n) is 10.6. The third kappa shape index (κ3) is 3.72. The molecule has 0 bridgehead atoms. The number of furan rings is 1. The monoisotopic (exact) mass is 468 g/mol. The number of amides is 1. The molecule has 1 aliphatic heterocycles. The van der Waals surface area contributed by atoms with Gasteiger partial charge in [0.15, 0.2) is 11.3 Å². The van der Waals surface area contributed by atoms with Crippen molar-refractivity contribution in [1.29, 1.82) is 0 Å². The summed E-state index contributed by atoms with van der Waals surface area (Å²) < 4.78 is 38.1. The van der Waals surface area contributed by atoms with E-state index in [9.17, 15) is 18.3 Å². The molecule has 5 rings (SSSR count). The first-order chi connectivity index (χ1) is 15.5. The van der Waals surface area contributed by atoms with Crippen LogP contribution in [0.25, 0.3) is 21.9 Å². The van der Waals surface area contributed by atoms with Crippen molar-refractivity contribution >= 4 is 37.8 Å². The molecule has 0 fully saturated rings. The second-order valence-electron chi connectivity index (χ2n) is 9.20. The van der Waals surface area contributed by atoms with Crippen molar-refractivity contribution in [3.05, 3.63) is 53.9 Å². The second-order valence-corrected chi connectivity index (χ2v) is 11.2. The quantitative estimate of drug-likeness (QED) is 0.439. The number of hydrogen-bond acceptors (Lipinski definition) is 6. The summed E-state index contributed by atoms with van der Waals surface area (Å²) in [4.78, 5) is 17.3. The smallest absolute Gasteiger partial charge is 0.410 e. The van der Waals surface area contributed by atoms with Gasteiger partial charge in [-0.2, -0.15) is 0 Å². The minimum atomic E-state index is -3.90. The van der Waals surface area contributed by atoms with Crippen LogP contribution in [-0.2, 0) is 27.5 Å². The van der Waals surface area contributed by atoms with Crippen LogP contribution in [0.4, 0.5) is 4.79 Å². The van der Waals surface area contributed by atoms with Crippen LogP contribution in [0.1, 0.15) is 32.1 Å². The zero-order chi connectivity index (χ0) is 23.5. The number of carbonyl (C=O) groups is 1. The van der Waals surface area contributed by atoms with E-state index in [1.165, 1.54) is 18.2 Å². The van der Waals surface area contributed by atoms with Crippen molar-refractivity contribution < 1.29 is 27.5 Å². The molecular formula is C24H24N2O6S. The van der Waals surface area contributed by atoms with Crippen LogP contribution in [0.2, 0.25) is 0 Å². The molecule has 0 saturated heterocycles. The summed E-state index contributed by atoms with van der Waals surface area (Å²) >= 11 is 0. The first kappa shape index (κ1) is 21.4. The highest BCUT2D eigenvalue weighted by Gasteiger charge is 2.31. The summed E-state index contributed by atoms with van der Waals surface area (Å²) in [7, 11) is -3.90. The maximum absolute atomic E-state index is 13.4. The number of benzene rings is 2. The van der Waals surface area contributed by atoms with E-state index in [4.69, 9.17) is 9.15 Å². The molecule has 0 spiro atoms. The number of phenols is 1. The third-order valence-corrected chi connectivity index (χ3v) is 7.42. The first-order valence-corrected chi connectivity index (χ1v) is 12.1. The summed E-state index contributed by atoms with van der Waals surface area (Å²) in [5.41, 5.74) is 1.09. The highest BCUT2D eigenvalue weighted by atomic mass is 32.2. The fourth-order valence-electron chi connectivity index (χ4n) is 4.11. The van der Waals surface area contributed by atoms with E-state index in [2.05, 4.69) is 4.98 Å². The molecule has 0 radical (unpaired) electrons. The van der Waals surface area contributed by atoms with Crippen LogP contribution in [0.5, 0.6) is 5.75 Å². The number of hydrogen-bond donors (Lipinski definition) is 2. The van der Waals surface area contributed by atoms with Crippen LogP contribution in [0.3, 0.4) is 0 Å². The van der Waals surface area contributed by atoms with Crippen molar-refractivity contribution in [2.75, 3.05) is 6.54 Å². The Labute approximate surface area is 190 Å². The van der Waals surface area contributed by atoms with Crippen LogP contribution in [0, 0.1) is 0 Å². The SMILES string of the molecule is CC(C)(C)OC(=O)N1CCc2oc3c(O)cc(S(=O)(=O)c4ccc5[nH]ccc5c4)cc3c2C1. The summed E-state index contributed by atoms with van der Waals surface area (Å²) in [5, 5.41) is 11.9. The minimum Gasteiger partial charge on any atom is -0.504 e. The number of nitrogens with zero attached hydrogens (tertiary/aromatic N) is 1. The van der Waals surface area contributed by atoms with Gasteiger partial charge in [0.2, 0.25) is 9.84 Å². The number of nitrogens with one attached hydrogen (secondary N) is 1. The number of aromatic amines is 1. The molecule has 1 amide bonds. The van der Waals surface area contributed by atoms with Crippen molar-refractivity contribution in [1.82, 2.24) is 9.88 Å². The lowest BCUT2D eigenvalue weighted by atomic mass is 10.0. The van der Waals surface area contributed by atoms with Crippen molar-refractivity contribution in [2.24, 2.45) is 0 Å². The number of carbonyl (C=O) groups excluding carboxylic acids is 1. The topological polar surface area (TPSA) is 113 Å². The molecule has 2 aromatic heterocycles. The van der Waals surface area contributed by atoms with Gasteiger partial charge in [-0.05, 0) is 51.1 Å². The number of sulfone groups is 1. The normalized spacial score (nSPS) is 14.6. The van der Waals surface area contributed by atoms with Gasteiger partial charge in [-0.3, -0.25) is 0 Å². The van der Waals surface area contributed by atoms with Crippen molar-refractivity contribution in [3.63, 3.8) is 0 Å². The van der Waals surface area contributed by atoms with Gasteiger partial charge in [0.05, 0.1) is 16.3 Å². The van der Waals surface area contributed by atoms with E-state index in [1.807, 2.05) is 0 Å². The Morgan fingerprint density at radius 2 is 1.94 bits per heavy atom. The number of ether oxygens (including phenoxy) is 1. The lowest BCUT2D eigenvalue weighted by Crippen LogP contribution is -2.39. The molecule has 3 heterocycles. The van der Waals surface area contributed by atoms with Gasteiger partial charge in [-0.1, -0.05) is 0 Å². The maximum Gasteiger partial charge on any atom is 0.410 e. The predicted molar refractivity (Wildman–Crippen MR) is 122 cm³/mol. The Kier molecular flexibility index (Phi) is 4.72. The summed E-state index contributed by atoms with van der Waals surface area (Å²) in [6.07, 6.45) is 1.73. The summed E-state index contributed by atoms with van der Waals surface area (Å²) in [6.45, 7) is 6.01. The predicted octanol–water partition coefficient (Wildman–Crippen LogP) is 4.75. The van der Waals surface area contributed by atoms with E-state index >= 15 is 0 Å². The van der Waals surface area contributed by atoms with Gasteiger partial charge in [0, 0.05) is 47.1 Å². The Morgan fingerprint density at radius 1 is 1.15 bits per heavy atom. The van der Waals surface area contributed by atoms with Crippen LogP contribution in [0.15, 0.2) is 56.8 Å². The highest BCUT2D eigenvalue weighted by Crippen LogP contribution is 2.39. The van der Waals surface area contributed by atoms with E-state index in [0.717, 1.165) is 10.9 Å². The number of H-pyrrole nitrogens is 1. The molecule has 8 nitrogen and oxygen atoms in total. The van der Waals surface area contributed by atoms with E-state index in [0.29, 0.717) is 29.7 Å². The number of aromatic nitrogens is 1. The average molecular weight is 469 g/mol. The second kappa shape index (κ2) is 7.28. The van der Waals surface area contributed by atoms with Gasteiger partial charge in [-0.15, -0.1) is 0 Å². The molecule has 0 unspecified atom stereocenters. The minimum absolute atomic E-state index is 0.0413. The number of phenolic OH excluding ortho intramolecular Hbond substituents is 1. The fourth-order valence-corrected chi connectivity index (χ4v) is 5.45. The molecule has 33 heavy (non-hydrogen) atoms. The fraction of sp³-hybridized carbons (Fsp3) is 0.292. The standard InChI is InChI=1S/C24H24N2O6S/c1-24(2,3)32-23(28)26-9-7-21-18(13-26)17-11-16(12-20(27)22(17)31-21)33(29,30)15-4-5-19-14(10-15)6-8-25-19/h4-6,8,10-12,25,27H,7,9,13H2,1-3H3. The van der Waals surface area contributed by atoms with Gasteiger partial charge in [-0.25, -0.2) is 13.2 Å². The average Bonchev–Trinajstić information content (AvgIpc) is 3.36. The highest BCUT2D eigenvalue weighted by molar-refractivity contribution is 7.91. The van der Waals surface area contributed by atoms with Gasteiger partial charge >= 0.3 is 6.09 Å². The Bertz CT molecular complexity index is 1510. The van der Waals surface area contributed by atoms with Crippen LogP contribution < -0.4 is 0 Å². The molecule has 0 aliphatic carbocycles. The van der Waals surface area contributed by atoms with Gasteiger partial charge < -0.3 is 24.1 Å². The molecule has 9 heteroatoms. The number of aromatic hydroxyl groups is 1. The van der Waals surface area contributed by atoms with Crippen molar-refractivity contribution in [3.8, 4) is 5.75 Å². The zero-order valence-corrected chi connectivity index (χ0v) is 19.3. The number of rotatable bonds is 2. The van der Waals surface area contributed by atoms with E-state index in [1.54, 1.807) is 50.1 Å². The molecule has 2 N–H and O–H groups in total. The zero-order valence-electron chi connectivity index (χ0n) is 18.5. The largest absolute Gasteiger partial charge is 0.504 e. The van der Waals surface area contributed by atoms with E-state index < -0.39 is 21.5 Å². The van der Waals surface area contributed by atoms with Gasteiger partial charge in [0.25, 0.3) is 0 Å². The van der Waals surface area contributed by atoms with Crippen molar-refractivity contribution in [2.45, 2.75) is 49.1 Å². The third-order valence-electron chi connectivity index (χ3n) is 5.68. The molecule has 1 aliphatic rings. The summed E-state index contributed by atoms with van der Waals surface area (Å²) in [6, 6.07) is 9.35. The number of fused-ring (bicyclic) bond motifs is 4. The van der Waals surface area contributed by atoms with Gasteiger partial charge in [0.1, 0.15) is 11.4 Å². The Balaban J connectivity index is 1.56. The lowest BCUT2D eigenvalue weighted by Gasteiger charge is -2.29. The van der Waals surface area contributed by atoms with Crippen LogP contribution >= 0.6 is 0 Å². The van der Waals surface area contributed by atoms with Crippen LogP contribution in [-0.4, -0.2) is 41.6 Å². The molecule has 0 saturated carbocycles. The maximum atomic E-state index is 13.4. The molecule has 2 aromatic carbocycles.